The molecule has 2 saturated carbocycles. The van der Waals surface area contributed by atoms with E-state index in [1.807, 2.05) is 13.8 Å². The van der Waals surface area contributed by atoms with Gasteiger partial charge in [-0.05, 0) is 42.0 Å². The molecule has 3 rings (SSSR count). The van der Waals surface area contributed by atoms with Crippen molar-refractivity contribution in [2.24, 2.45) is 16.7 Å². The zero-order valence-corrected chi connectivity index (χ0v) is 21.8. The largest absolute Gasteiger partial charge is 0.461 e. The summed E-state index contributed by atoms with van der Waals surface area (Å²) in [7, 11) is -5.86. The van der Waals surface area contributed by atoms with Gasteiger partial charge in [-0.3, -0.25) is 8.98 Å². The van der Waals surface area contributed by atoms with Gasteiger partial charge in [0.15, 0.2) is 8.32 Å². The number of hydrogen-bond acceptors (Lipinski definition) is 7. The van der Waals surface area contributed by atoms with E-state index in [0.29, 0.717) is 24.8 Å². The Morgan fingerprint density at radius 3 is 2.29 bits per heavy atom. The Labute approximate surface area is 187 Å². The number of hydrogen-bond donors (Lipinski definition) is 0. The highest BCUT2D eigenvalue weighted by Crippen LogP contribution is 2.62. The molecule has 1 aliphatic heterocycles. The summed E-state index contributed by atoms with van der Waals surface area (Å²) in [6.07, 6.45) is 1.62. The summed E-state index contributed by atoms with van der Waals surface area (Å²) >= 11 is 0. The maximum Gasteiger partial charge on any atom is 0.336 e. The number of Topliss-reactive ketones (excluding diaryl/α,β-unsaturated/α-hetero) is 1. The lowest BCUT2D eigenvalue weighted by Gasteiger charge is -2.56. The lowest BCUT2D eigenvalue weighted by molar-refractivity contribution is -0.160. The normalized spacial score (nSPS) is 31.4. The van der Waals surface area contributed by atoms with E-state index in [4.69, 9.17) is 13.3 Å². The first-order valence-electron chi connectivity index (χ1n) is 10.8. The number of ether oxygens (including phenoxy) is 1. The van der Waals surface area contributed by atoms with Gasteiger partial charge in [-0.15, -0.1) is 0 Å². The average molecular weight is 473 g/mol. The van der Waals surface area contributed by atoms with Gasteiger partial charge in [0.2, 0.25) is 0 Å². The minimum atomic E-state index is -3.73. The van der Waals surface area contributed by atoms with Crippen LogP contribution in [0.2, 0.25) is 18.1 Å². The number of esters is 1. The fourth-order valence-electron chi connectivity index (χ4n) is 4.88. The highest BCUT2D eigenvalue weighted by atomic mass is 32.2. The molecule has 31 heavy (non-hydrogen) atoms. The lowest BCUT2D eigenvalue weighted by Crippen LogP contribution is -2.61. The van der Waals surface area contributed by atoms with Crippen LogP contribution in [0.5, 0.6) is 0 Å². The van der Waals surface area contributed by atoms with Gasteiger partial charge in [0.05, 0.1) is 30.0 Å². The average Bonchev–Trinajstić information content (AvgIpc) is 2.83. The summed E-state index contributed by atoms with van der Waals surface area (Å²) in [4.78, 5) is 25.7. The summed E-state index contributed by atoms with van der Waals surface area (Å²) in [6.45, 7) is 14.7. The van der Waals surface area contributed by atoms with Crippen molar-refractivity contribution < 1.29 is 31.4 Å². The van der Waals surface area contributed by atoms with Crippen molar-refractivity contribution in [3.8, 4) is 0 Å². The van der Waals surface area contributed by atoms with Crippen LogP contribution in [0, 0.1) is 16.7 Å². The molecule has 0 aromatic rings. The van der Waals surface area contributed by atoms with Crippen molar-refractivity contribution in [3.05, 3.63) is 11.1 Å². The minimum Gasteiger partial charge on any atom is -0.461 e. The number of ketones is 1. The van der Waals surface area contributed by atoms with Crippen LogP contribution in [0.25, 0.3) is 0 Å². The molecule has 0 aromatic heterocycles. The molecular weight excluding hydrogens is 436 g/mol. The van der Waals surface area contributed by atoms with Crippen LogP contribution in [0.1, 0.15) is 53.9 Å². The van der Waals surface area contributed by atoms with Crippen LogP contribution >= 0.6 is 0 Å². The fraction of sp³-hybridized carbons (Fsp3) is 0.818. The highest BCUT2D eigenvalue weighted by Gasteiger charge is 2.65. The van der Waals surface area contributed by atoms with Gasteiger partial charge in [-0.25, -0.2) is 4.79 Å². The number of cyclic esters (lactones) is 1. The molecule has 3 aliphatic rings. The van der Waals surface area contributed by atoms with Gasteiger partial charge in [-0.2, -0.15) is 8.42 Å². The maximum atomic E-state index is 13.0. The SMILES string of the molecule is CC1(C)CC(=O)[C@@H]([C@]23COC(=O)C(CO[Si](C)(C)C(C)(C)C)=C2C[C@@H]3OS(C)(=O)=O)C1. The van der Waals surface area contributed by atoms with Gasteiger partial charge in [0, 0.05) is 12.3 Å². The third kappa shape index (κ3) is 4.43. The van der Waals surface area contributed by atoms with Crippen molar-refractivity contribution in [1.29, 1.82) is 0 Å². The Balaban J connectivity index is 2.02. The quantitative estimate of drug-likeness (QED) is 0.331. The molecule has 1 heterocycles. The van der Waals surface area contributed by atoms with E-state index in [1.165, 1.54) is 0 Å². The maximum absolute atomic E-state index is 13.0. The van der Waals surface area contributed by atoms with E-state index in [-0.39, 0.29) is 29.5 Å². The van der Waals surface area contributed by atoms with Crippen molar-refractivity contribution >= 4 is 30.2 Å². The molecular formula is C22H36O7SSi. The molecule has 0 spiro atoms. The van der Waals surface area contributed by atoms with Crippen LogP contribution in [0.4, 0.5) is 0 Å². The molecule has 0 saturated heterocycles. The molecule has 0 N–H and O–H groups in total. The van der Waals surface area contributed by atoms with Crippen LogP contribution in [-0.2, 0) is 33.1 Å². The second kappa shape index (κ2) is 7.50. The number of rotatable bonds is 6. The summed E-state index contributed by atoms with van der Waals surface area (Å²) in [5, 5.41) is -0.0269. The molecule has 0 unspecified atom stereocenters. The Kier molecular flexibility index (Phi) is 5.95. The first-order chi connectivity index (χ1) is 13.9. The standard InChI is InChI=1S/C22H36O7SSi/c1-20(2,3)31(7,8)28-12-14-15-9-18(29-30(6,25)26)22(15,13-27-19(14)24)16-10-21(4,5)11-17(16)23/h16,18H,9-13H2,1-8H3/t16-,18-,22-/m0/s1. The van der Waals surface area contributed by atoms with E-state index < -0.39 is 41.8 Å². The predicted octanol–water partition coefficient (Wildman–Crippen LogP) is 3.60. The summed E-state index contributed by atoms with van der Waals surface area (Å²) in [5.74, 6) is -0.798. The topological polar surface area (TPSA) is 96.0 Å². The van der Waals surface area contributed by atoms with Gasteiger partial charge in [0.25, 0.3) is 10.1 Å². The number of carbonyl (C=O) groups excluding carboxylic acids is 2. The van der Waals surface area contributed by atoms with E-state index >= 15 is 0 Å². The Hall–Kier alpha value is -1.03. The van der Waals surface area contributed by atoms with Crippen molar-refractivity contribution in [2.45, 2.75) is 78.1 Å². The van der Waals surface area contributed by atoms with Crippen LogP contribution in [0.15, 0.2) is 11.1 Å². The third-order valence-electron chi connectivity index (χ3n) is 7.67. The monoisotopic (exact) mass is 472 g/mol. The van der Waals surface area contributed by atoms with Gasteiger partial charge in [0.1, 0.15) is 12.4 Å². The Bertz CT molecular complexity index is 926. The fourth-order valence-corrected chi connectivity index (χ4v) is 6.48. The van der Waals surface area contributed by atoms with Gasteiger partial charge in [-0.1, -0.05) is 34.6 Å². The number of fused-ring (bicyclic) bond motifs is 1. The molecule has 3 atom stereocenters. The summed E-state index contributed by atoms with van der Waals surface area (Å²) in [5.41, 5.74) is 0.106. The molecule has 9 heteroatoms. The van der Waals surface area contributed by atoms with E-state index in [1.54, 1.807) is 0 Å². The van der Waals surface area contributed by atoms with E-state index in [9.17, 15) is 18.0 Å². The van der Waals surface area contributed by atoms with Crippen molar-refractivity contribution in [3.63, 3.8) is 0 Å². The number of carbonyl (C=O) groups is 2. The minimum absolute atomic E-state index is 0.0269. The van der Waals surface area contributed by atoms with Gasteiger partial charge >= 0.3 is 5.97 Å². The van der Waals surface area contributed by atoms with E-state index in [2.05, 4.69) is 33.9 Å². The molecule has 0 aromatic carbocycles. The highest BCUT2D eigenvalue weighted by molar-refractivity contribution is 7.86. The van der Waals surface area contributed by atoms with Crippen LogP contribution < -0.4 is 0 Å². The zero-order valence-electron chi connectivity index (χ0n) is 20.0. The zero-order chi connectivity index (χ0) is 23.6. The second-order valence-corrected chi connectivity index (χ2v) is 18.1. The Morgan fingerprint density at radius 2 is 1.81 bits per heavy atom. The molecule has 0 amide bonds. The smallest absolute Gasteiger partial charge is 0.336 e. The molecule has 176 valence electrons. The van der Waals surface area contributed by atoms with Crippen LogP contribution in [0.3, 0.4) is 0 Å². The molecule has 0 radical (unpaired) electrons. The molecule has 2 aliphatic carbocycles. The molecule has 0 bridgehead atoms. The summed E-state index contributed by atoms with van der Waals surface area (Å²) in [6, 6.07) is 0. The van der Waals surface area contributed by atoms with Gasteiger partial charge < -0.3 is 9.16 Å². The summed E-state index contributed by atoms with van der Waals surface area (Å²) < 4.78 is 41.2. The predicted molar refractivity (Wildman–Crippen MR) is 119 cm³/mol. The van der Waals surface area contributed by atoms with E-state index in [0.717, 1.165) is 11.8 Å². The second-order valence-electron chi connectivity index (χ2n) is 11.7. The third-order valence-corrected chi connectivity index (χ3v) is 12.7. The first kappa shape index (κ1) is 24.6. The lowest BCUT2D eigenvalue weighted by atomic mass is 9.53. The Morgan fingerprint density at radius 1 is 1.19 bits per heavy atom. The van der Waals surface area contributed by atoms with Crippen LogP contribution in [-0.4, -0.2) is 54.1 Å². The molecule has 7 nitrogen and oxygen atoms in total. The first-order valence-corrected chi connectivity index (χ1v) is 15.6. The molecule has 2 fully saturated rings. The van der Waals surface area contributed by atoms with Crippen molar-refractivity contribution in [1.82, 2.24) is 0 Å². The van der Waals surface area contributed by atoms with Crippen molar-refractivity contribution in [2.75, 3.05) is 19.5 Å².